The van der Waals surface area contributed by atoms with Crippen molar-refractivity contribution >= 4 is 29.3 Å². The molecule has 5 rings (SSSR count). The predicted octanol–water partition coefficient (Wildman–Crippen LogP) is 4.70. The molecular formula is C24H34N2O2S. The number of anilines is 1. The lowest BCUT2D eigenvalue weighted by atomic mass is 9.48. The molecule has 4 bridgehead atoms. The van der Waals surface area contributed by atoms with Crippen molar-refractivity contribution in [3.63, 3.8) is 0 Å². The Kier molecular flexibility index (Phi) is 5.97. The van der Waals surface area contributed by atoms with Crippen LogP contribution in [-0.4, -0.2) is 29.4 Å². The molecule has 2 N–H and O–H groups in total. The topological polar surface area (TPSA) is 58.2 Å². The van der Waals surface area contributed by atoms with E-state index >= 15 is 0 Å². The largest absolute Gasteiger partial charge is 0.352 e. The predicted molar refractivity (Wildman–Crippen MR) is 120 cm³/mol. The van der Waals surface area contributed by atoms with Gasteiger partial charge in [-0.1, -0.05) is 17.7 Å². The molecule has 1 aromatic rings. The highest BCUT2D eigenvalue weighted by atomic mass is 32.2. The van der Waals surface area contributed by atoms with Gasteiger partial charge in [0.25, 0.3) is 0 Å². The molecule has 1 unspecified atom stereocenters. The highest BCUT2D eigenvalue weighted by Gasteiger charge is 2.53. The number of benzene rings is 1. The molecule has 0 aromatic heterocycles. The number of carbonyl (C=O) groups excluding carboxylic acids is 2. The van der Waals surface area contributed by atoms with Crippen molar-refractivity contribution in [2.24, 2.45) is 23.2 Å². The molecule has 5 heteroatoms. The number of thioether (sulfide) groups is 1. The SMILES string of the molecule is Cc1ccc(NC(=O)CSCC(=O)NC(C)C23CC4CC(CC(C4)C2)C3)c(C)c1. The van der Waals surface area contributed by atoms with Crippen molar-refractivity contribution in [1.29, 1.82) is 0 Å². The Morgan fingerprint density at radius 2 is 1.62 bits per heavy atom. The lowest BCUT2D eigenvalue weighted by Crippen LogP contribution is -2.56. The molecule has 158 valence electrons. The van der Waals surface area contributed by atoms with E-state index in [2.05, 4.69) is 23.6 Å². The number of hydrogen-bond donors (Lipinski definition) is 2. The van der Waals surface area contributed by atoms with Crippen LogP contribution in [0.1, 0.15) is 56.6 Å². The van der Waals surface area contributed by atoms with E-state index in [0.717, 1.165) is 29.0 Å². The summed E-state index contributed by atoms with van der Waals surface area (Å²) in [6.07, 6.45) is 8.16. The molecule has 1 aromatic carbocycles. The summed E-state index contributed by atoms with van der Waals surface area (Å²) in [5.41, 5.74) is 3.42. The molecule has 0 aliphatic heterocycles. The number of aryl methyl sites for hydroxylation is 2. The fraction of sp³-hybridized carbons (Fsp3) is 0.667. The zero-order valence-corrected chi connectivity index (χ0v) is 18.7. The minimum atomic E-state index is -0.0520. The van der Waals surface area contributed by atoms with Crippen LogP contribution in [0, 0.1) is 37.0 Å². The molecule has 4 saturated carbocycles. The van der Waals surface area contributed by atoms with Crippen LogP contribution in [0.5, 0.6) is 0 Å². The first-order chi connectivity index (χ1) is 13.8. The van der Waals surface area contributed by atoms with E-state index in [1.165, 1.54) is 55.9 Å². The van der Waals surface area contributed by atoms with Crippen molar-refractivity contribution in [1.82, 2.24) is 5.32 Å². The summed E-state index contributed by atoms with van der Waals surface area (Å²) in [5, 5.41) is 6.23. The Hall–Kier alpha value is -1.49. The van der Waals surface area contributed by atoms with Crippen LogP contribution in [0.4, 0.5) is 5.69 Å². The summed E-state index contributed by atoms with van der Waals surface area (Å²) in [5.74, 6) is 3.34. The molecule has 29 heavy (non-hydrogen) atoms. The Morgan fingerprint density at radius 1 is 1.03 bits per heavy atom. The third kappa shape index (κ3) is 4.65. The van der Waals surface area contributed by atoms with Gasteiger partial charge in [-0.2, -0.15) is 0 Å². The smallest absolute Gasteiger partial charge is 0.234 e. The molecular weight excluding hydrogens is 380 g/mol. The van der Waals surface area contributed by atoms with Crippen molar-refractivity contribution in [2.75, 3.05) is 16.8 Å². The fourth-order valence-electron chi connectivity index (χ4n) is 6.52. The standard InChI is InChI=1S/C24H34N2O2S/c1-15-4-5-21(16(2)6-15)26-23(28)14-29-13-22(27)25-17(3)24-10-18-7-19(11-24)9-20(8-18)12-24/h4-6,17-20H,7-14H2,1-3H3,(H,25,27)(H,26,28). The summed E-state index contributed by atoms with van der Waals surface area (Å²) in [6.45, 7) is 6.25. The molecule has 4 nitrogen and oxygen atoms in total. The first-order valence-corrected chi connectivity index (χ1v) is 12.2. The first-order valence-electron chi connectivity index (χ1n) is 11.1. The molecule has 0 spiro atoms. The van der Waals surface area contributed by atoms with Crippen LogP contribution < -0.4 is 10.6 Å². The summed E-state index contributed by atoms with van der Waals surface area (Å²) in [4.78, 5) is 24.7. The summed E-state index contributed by atoms with van der Waals surface area (Å²) < 4.78 is 0. The lowest BCUT2D eigenvalue weighted by molar-refractivity contribution is -0.123. The number of carbonyl (C=O) groups is 2. The van der Waals surface area contributed by atoms with Crippen LogP contribution in [-0.2, 0) is 9.59 Å². The molecule has 4 aliphatic rings. The van der Waals surface area contributed by atoms with Gasteiger partial charge in [0.1, 0.15) is 0 Å². The zero-order chi connectivity index (χ0) is 20.6. The third-order valence-corrected chi connectivity index (χ3v) is 8.44. The first kappa shape index (κ1) is 20.8. The normalized spacial score (nSPS) is 30.8. The highest BCUT2D eigenvalue weighted by Crippen LogP contribution is 2.61. The maximum absolute atomic E-state index is 12.5. The van der Waals surface area contributed by atoms with Gasteiger partial charge in [-0.15, -0.1) is 11.8 Å². The van der Waals surface area contributed by atoms with E-state index in [0.29, 0.717) is 16.9 Å². The molecule has 2 amide bonds. The average Bonchev–Trinajstić information content (AvgIpc) is 2.63. The monoisotopic (exact) mass is 414 g/mol. The van der Waals surface area contributed by atoms with Gasteiger partial charge in [0, 0.05) is 11.7 Å². The quantitative estimate of drug-likeness (QED) is 0.680. The van der Waals surface area contributed by atoms with Gasteiger partial charge >= 0.3 is 0 Å². The van der Waals surface area contributed by atoms with Gasteiger partial charge in [0.15, 0.2) is 0 Å². The minimum Gasteiger partial charge on any atom is -0.352 e. The van der Waals surface area contributed by atoms with Crippen LogP contribution >= 0.6 is 11.8 Å². The fourth-order valence-corrected chi connectivity index (χ4v) is 7.15. The van der Waals surface area contributed by atoms with E-state index in [9.17, 15) is 9.59 Å². The Morgan fingerprint density at radius 3 is 2.21 bits per heavy atom. The van der Waals surface area contributed by atoms with Crippen LogP contribution in [0.3, 0.4) is 0 Å². The summed E-state index contributed by atoms with van der Waals surface area (Å²) in [6, 6.07) is 6.23. The van der Waals surface area contributed by atoms with Gasteiger partial charge in [-0.25, -0.2) is 0 Å². The molecule has 1 atom stereocenters. The van der Waals surface area contributed by atoms with E-state index in [-0.39, 0.29) is 17.9 Å². The Bertz CT molecular complexity index is 756. The number of hydrogen-bond acceptors (Lipinski definition) is 3. The van der Waals surface area contributed by atoms with Gasteiger partial charge in [0.2, 0.25) is 11.8 Å². The Balaban J connectivity index is 1.21. The zero-order valence-electron chi connectivity index (χ0n) is 17.9. The second kappa shape index (κ2) is 8.33. The van der Waals surface area contributed by atoms with Crippen LogP contribution in [0.15, 0.2) is 18.2 Å². The van der Waals surface area contributed by atoms with Crippen molar-refractivity contribution in [2.45, 2.75) is 65.3 Å². The molecule has 0 saturated heterocycles. The number of rotatable bonds is 7. The van der Waals surface area contributed by atoms with Crippen LogP contribution in [0.2, 0.25) is 0 Å². The van der Waals surface area contributed by atoms with E-state index in [1.807, 2.05) is 26.0 Å². The molecule has 4 aliphatic carbocycles. The minimum absolute atomic E-state index is 0.0520. The average molecular weight is 415 g/mol. The van der Waals surface area contributed by atoms with Gasteiger partial charge in [0.05, 0.1) is 11.5 Å². The lowest BCUT2D eigenvalue weighted by Gasteiger charge is -2.59. The van der Waals surface area contributed by atoms with E-state index in [4.69, 9.17) is 0 Å². The van der Waals surface area contributed by atoms with Crippen molar-refractivity contribution in [3.8, 4) is 0 Å². The Labute approximate surface area is 179 Å². The van der Waals surface area contributed by atoms with Crippen LogP contribution in [0.25, 0.3) is 0 Å². The van der Waals surface area contributed by atoms with E-state index in [1.54, 1.807) is 0 Å². The maximum atomic E-state index is 12.5. The highest BCUT2D eigenvalue weighted by molar-refractivity contribution is 8.00. The van der Waals surface area contributed by atoms with Crippen molar-refractivity contribution in [3.05, 3.63) is 29.3 Å². The van der Waals surface area contributed by atoms with Crippen molar-refractivity contribution < 1.29 is 9.59 Å². The van der Waals surface area contributed by atoms with Gasteiger partial charge in [-0.05, 0) is 94.1 Å². The second-order valence-electron chi connectivity index (χ2n) is 9.93. The molecule has 0 heterocycles. The van der Waals surface area contributed by atoms with E-state index < -0.39 is 0 Å². The second-order valence-corrected chi connectivity index (χ2v) is 10.9. The van der Waals surface area contributed by atoms with Gasteiger partial charge < -0.3 is 10.6 Å². The summed E-state index contributed by atoms with van der Waals surface area (Å²) >= 11 is 1.39. The molecule has 0 radical (unpaired) electrons. The number of nitrogens with one attached hydrogen (secondary N) is 2. The number of amides is 2. The maximum Gasteiger partial charge on any atom is 0.234 e. The molecule has 4 fully saturated rings. The third-order valence-electron chi connectivity index (χ3n) is 7.50. The summed E-state index contributed by atoms with van der Waals surface area (Å²) in [7, 11) is 0. The van der Waals surface area contributed by atoms with Gasteiger partial charge in [-0.3, -0.25) is 9.59 Å².